The first-order valence-electron chi connectivity index (χ1n) is 13.0. The van der Waals surface area contributed by atoms with Gasteiger partial charge in [0.15, 0.2) is 0 Å². The second kappa shape index (κ2) is 13.3. The topological polar surface area (TPSA) is 73.5 Å². The highest BCUT2D eigenvalue weighted by Gasteiger charge is 2.25. The van der Waals surface area contributed by atoms with E-state index in [-0.39, 0.29) is 5.91 Å². The quantitative estimate of drug-likeness (QED) is 0.374. The van der Waals surface area contributed by atoms with Crippen LogP contribution in [-0.4, -0.2) is 79.3 Å². The molecule has 1 atom stereocenters. The largest absolute Gasteiger partial charge is 0.375 e. The first-order valence-corrected chi connectivity index (χ1v) is 13.0. The number of nitrogens with one attached hydrogen (secondary N) is 2. The maximum absolute atomic E-state index is 12.5. The Kier molecular flexibility index (Phi) is 9.67. The SMILES string of the molecule is CN(C)CCCNC(=O)c1ccc(-c2cn[nH]c2[C@@H]2CCCN(CCOCc3ccccc3)C2)cc1. The fourth-order valence-corrected chi connectivity index (χ4v) is 4.79. The zero-order valence-corrected chi connectivity index (χ0v) is 21.6. The molecule has 2 aromatic carbocycles. The Hall–Kier alpha value is -3.00. The van der Waals surface area contributed by atoms with E-state index < -0.39 is 0 Å². The molecule has 0 unspecified atom stereocenters. The lowest BCUT2D eigenvalue weighted by molar-refractivity contribution is 0.0827. The molecule has 1 aliphatic heterocycles. The number of hydrogen-bond acceptors (Lipinski definition) is 5. The minimum atomic E-state index is -0.0230. The summed E-state index contributed by atoms with van der Waals surface area (Å²) >= 11 is 0. The van der Waals surface area contributed by atoms with Gasteiger partial charge in [-0.3, -0.25) is 9.89 Å². The lowest BCUT2D eigenvalue weighted by Gasteiger charge is -2.32. The van der Waals surface area contributed by atoms with E-state index in [0.29, 0.717) is 24.6 Å². The standard InChI is InChI=1S/C29H39N5O2/c1-33(2)16-7-15-30-29(35)25-13-11-24(12-14-25)27-20-31-32-28(27)26-10-6-17-34(21-26)18-19-36-22-23-8-4-3-5-9-23/h3-5,8-9,11-14,20,26H,6-7,10,15-19,21-22H2,1-2H3,(H,30,35)(H,31,32)/t26-/m1/s1. The van der Waals surface area contributed by atoms with Crippen LogP contribution in [0.1, 0.15) is 46.8 Å². The van der Waals surface area contributed by atoms with E-state index in [1.807, 2.05) is 62.8 Å². The number of amides is 1. The number of likely N-dealkylation sites (tertiary alicyclic amines) is 1. The molecule has 1 saturated heterocycles. The number of rotatable bonds is 12. The Morgan fingerprint density at radius 3 is 2.75 bits per heavy atom. The van der Waals surface area contributed by atoms with E-state index in [0.717, 1.165) is 63.2 Å². The average Bonchev–Trinajstić information content (AvgIpc) is 3.40. The van der Waals surface area contributed by atoms with Crippen LogP contribution in [0, 0.1) is 0 Å². The van der Waals surface area contributed by atoms with Gasteiger partial charge in [0.2, 0.25) is 0 Å². The number of carbonyl (C=O) groups is 1. The van der Waals surface area contributed by atoms with Gasteiger partial charge in [-0.15, -0.1) is 0 Å². The van der Waals surface area contributed by atoms with E-state index in [2.05, 4.69) is 37.4 Å². The Balaban J connectivity index is 1.29. The van der Waals surface area contributed by atoms with Gasteiger partial charge in [-0.05, 0) is 69.7 Å². The Bertz CT molecular complexity index is 1060. The maximum Gasteiger partial charge on any atom is 0.251 e. The fourth-order valence-electron chi connectivity index (χ4n) is 4.79. The molecule has 1 amide bonds. The van der Waals surface area contributed by atoms with Crippen LogP contribution in [0.15, 0.2) is 60.8 Å². The summed E-state index contributed by atoms with van der Waals surface area (Å²) in [6.07, 6.45) is 5.15. The summed E-state index contributed by atoms with van der Waals surface area (Å²) in [6.45, 7) is 6.07. The third kappa shape index (κ3) is 7.50. The molecule has 1 fully saturated rings. The lowest BCUT2D eigenvalue weighted by Crippen LogP contribution is -2.36. The van der Waals surface area contributed by atoms with Crippen LogP contribution in [0.25, 0.3) is 11.1 Å². The minimum absolute atomic E-state index is 0.0230. The van der Waals surface area contributed by atoms with Crippen LogP contribution < -0.4 is 5.32 Å². The van der Waals surface area contributed by atoms with Gasteiger partial charge in [-0.2, -0.15) is 5.10 Å². The summed E-state index contributed by atoms with van der Waals surface area (Å²) in [5.74, 6) is 0.384. The number of H-pyrrole nitrogens is 1. The van der Waals surface area contributed by atoms with E-state index in [1.54, 1.807) is 0 Å². The maximum atomic E-state index is 12.5. The van der Waals surface area contributed by atoms with Gasteiger partial charge < -0.3 is 19.9 Å². The predicted octanol–water partition coefficient (Wildman–Crippen LogP) is 4.15. The molecule has 2 heterocycles. The molecule has 7 heteroatoms. The number of hydrogen-bond donors (Lipinski definition) is 2. The molecule has 0 radical (unpaired) electrons. The molecule has 36 heavy (non-hydrogen) atoms. The molecule has 1 aromatic heterocycles. The predicted molar refractivity (Wildman–Crippen MR) is 144 cm³/mol. The van der Waals surface area contributed by atoms with Crippen molar-refractivity contribution < 1.29 is 9.53 Å². The number of carbonyl (C=O) groups excluding carboxylic acids is 1. The molecule has 3 aromatic rings. The Morgan fingerprint density at radius 1 is 1.17 bits per heavy atom. The molecular formula is C29H39N5O2. The molecular weight excluding hydrogens is 450 g/mol. The molecule has 0 bridgehead atoms. The number of benzene rings is 2. The van der Waals surface area contributed by atoms with E-state index >= 15 is 0 Å². The van der Waals surface area contributed by atoms with Gasteiger partial charge >= 0.3 is 0 Å². The molecule has 0 saturated carbocycles. The third-order valence-electron chi connectivity index (χ3n) is 6.77. The minimum Gasteiger partial charge on any atom is -0.375 e. The fraction of sp³-hybridized carbons (Fsp3) is 0.448. The monoisotopic (exact) mass is 489 g/mol. The molecule has 1 aliphatic rings. The van der Waals surface area contributed by atoms with Crippen LogP contribution in [0.2, 0.25) is 0 Å². The van der Waals surface area contributed by atoms with Crippen molar-refractivity contribution in [2.45, 2.75) is 31.8 Å². The van der Waals surface area contributed by atoms with Gasteiger partial charge in [-0.1, -0.05) is 42.5 Å². The van der Waals surface area contributed by atoms with Crippen LogP contribution in [-0.2, 0) is 11.3 Å². The highest BCUT2D eigenvalue weighted by Crippen LogP contribution is 2.33. The zero-order valence-electron chi connectivity index (χ0n) is 21.6. The van der Waals surface area contributed by atoms with Crippen molar-refractivity contribution in [3.05, 3.63) is 77.6 Å². The zero-order chi connectivity index (χ0) is 25.2. The van der Waals surface area contributed by atoms with Crippen molar-refractivity contribution in [1.82, 2.24) is 25.3 Å². The van der Waals surface area contributed by atoms with Gasteiger partial charge in [0.25, 0.3) is 5.91 Å². The van der Waals surface area contributed by atoms with Crippen LogP contribution in [0.5, 0.6) is 0 Å². The summed E-state index contributed by atoms with van der Waals surface area (Å²) in [5, 5.41) is 10.7. The molecule has 0 spiro atoms. The number of ether oxygens (including phenoxy) is 1. The highest BCUT2D eigenvalue weighted by atomic mass is 16.5. The van der Waals surface area contributed by atoms with Crippen molar-refractivity contribution in [2.24, 2.45) is 0 Å². The summed E-state index contributed by atoms with van der Waals surface area (Å²) in [6, 6.07) is 18.2. The first-order chi connectivity index (χ1) is 17.6. The van der Waals surface area contributed by atoms with E-state index in [1.165, 1.54) is 11.3 Å². The number of nitrogens with zero attached hydrogens (tertiary/aromatic N) is 3. The van der Waals surface area contributed by atoms with Crippen molar-refractivity contribution in [2.75, 3.05) is 53.4 Å². The second-order valence-electron chi connectivity index (χ2n) is 9.87. The summed E-state index contributed by atoms with van der Waals surface area (Å²) in [4.78, 5) is 17.1. The van der Waals surface area contributed by atoms with Gasteiger partial charge in [0, 0.05) is 42.4 Å². The molecule has 2 N–H and O–H groups in total. The van der Waals surface area contributed by atoms with Crippen molar-refractivity contribution >= 4 is 5.91 Å². The molecule has 4 rings (SSSR count). The van der Waals surface area contributed by atoms with Crippen LogP contribution in [0.4, 0.5) is 0 Å². The van der Waals surface area contributed by atoms with Gasteiger partial charge in [0.05, 0.1) is 19.4 Å². The molecule has 192 valence electrons. The molecule has 0 aliphatic carbocycles. The van der Waals surface area contributed by atoms with Crippen molar-refractivity contribution in [3.8, 4) is 11.1 Å². The second-order valence-corrected chi connectivity index (χ2v) is 9.87. The highest BCUT2D eigenvalue weighted by molar-refractivity contribution is 5.94. The number of aromatic amines is 1. The van der Waals surface area contributed by atoms with Crippen LogP contribution >= 0.6 is 0 Å². The normalized spacial score (nSPS) is 16.4. The number of aromatic nitrogens is 2. The smallest absolute Gasteiger partial charge is 0.251 e. The summed E-state index contributed by atoms with van der Waals surface area (Å²) < 4.78 is 5.92. The third-order valence-corrected chi connectivity index (χ3v) is 6.77. The van der Waals surface area contributed by atoms with Gasteiger partial charge in [-0.25, -0.2) is 0 Å². The first kappa shape index (κ1) is 26.1. The molecule has 7 nitrogen and oxygen atoms in total. The summed E-state index contributed by atoms with van der Waals surface area (Å²) in [7, 11) is 4.08. The Morgan fingerprint density at radius 2 is 1.97 bits per heavy atom. The van der Waals surface area contributed by atoms with Crippen molar-refractivity contribution in [3.63, 3.8) is 0 Å². The average molecular weight is 490 g/mol. The van der Waals surface area contributed by atoms with E-state index in [9.17, 15) is 4.79 Å². The Labute approximate surface area is 214 Å². The van der Waals surface area contributed by atoms with E-state index in [4.69, 9.17) is 4.74 Å². The van der Waals surface area contributed by atoms with Crippen molar-refractivity contribution in [1.29, 1.82) is 0 Å². The number of piperidine rings is 1. The van der Waals surface area contributed by atoms with Crippen LogP contribution in [0.3, 0.4) is 0 Å². The lowest BCUT2D eigenvalue weighted by atomic mass is 9.90. The summed E-state index contributed by atoms with van der Waals surface area (Å²) in [5.41, 5.74) is 5.30. The van der Waals surface area contributed by atoms with Gasteiger partial charge in [0.1, 0.15) is 0 Å².